The molecule has 6 rings (SSSR count). The Morgan fingerprint density at radius 3 is 2.52 bits per heavy atom. The molecule has 5 aromatic rings. The lowest BCUT2D eigenvalue weighted by molar-refractivity contribution is 0.624. The fourth-order valence-electron chi connectivity index (χ4n) is 4.67. The molecule has 0 aliphatic carbocycles. The summed E-state index contributed by atoms with van der Waals surface area (Å²) < 4.78 is 14.4. The average molecular weight is 540 g/mol. The Morgan fingerprint density at radius 2 is 1.80 bits per heavy atom. The van der Waals surface area contributed by atoms with Gasteiger partial charge in [0, 0.05) is 30.1 Å². The lowest BCUT2D eigenvalue weighted by atomic mass is 10.0. The standard InChI is InChI=1S/C26H24FN7.C2H6.2C2H4/c1-28-13-15-8-17(10-18(27)9-15)19-4-7-30-26-20(19)11-23(32-26)25-21-12-22(16-2-5-29-6-3-16)31-14-24(21)33-34-25;3*1-2/h2,4,7-12,14,28-29H,3,5-6,13H2,1H3,(H,30,32)(H,33,34);1-2H3;2*1-2H2. The summed E-state index contributed by atoms with van der Waals surface area (Å²) in [5, 5.41) is 16.0. The van der Waals surface area contributed by atoms with Crippen LogP contribution in [0.15, 0.2) is 81.2 Å². The molecule has 4 N–H and O–H groups in total. The monoisotopic (exact) mass is 539 g/mol. The van der Waals surface area contributed by atoms with E-state index in [2.05, 4.69) is 74.2 Å². The van der Waals surface area contributed by atoms with Gasteiger partial charge in [0.25, 0.3) is 0 Å². The van der Waals surface area contributed by atoms with Crippen LogP contribution < -0.4 is 10.6 Å². The molecule has 0 saturated carbocycles. The number of fused-ring (bicyclic) bond motifs is 2. The Balaban J connectivity index is 0.000000691. The van der Waals surface area contributed by atoms with Crippen LogP contribution in [0.3, 0.4) is 0 Å². The van der Waals surface area contributed by atoms with E-state index in [1.807, 2.05) is 45.3 Å². The number of halogens is 1. The second-order valence-electron chi connectivity index (χ2n) is 8.55. The van der Waals surface area contributed by atoms with Crippen LogP contribution in [0.4, 0.5) is 4.39 Å². The van der Waals surface area contributed by atoms with Crippen molar-refractivity contribution in [1.29, 1.82) is 0 Å². The number of pyridine rings is 2. The predicted molar refractivity (Wildman–Crippen MR) is 166 cm³/mol. The van der Waals surface area contributed by atoms with Crippen LogP contribution in [0.2, 0.25) is 0 Å². The Labute approximate surface area is 235 Å². The number of nitrogens with one attached hydrogen (secondary N) is 4. The molecule has 40 heavy (non-hydrogen) atoms. The number of hydrogen-bond acceptors (Lipinski definition) is 5. The maximum atomic E-state index is 14.4. The zero-order valence-electron chi connectivity index (χ0n) is 23.6. The minimum absolute atomic E-state index is 0.256. The number of rotatable bonds is 5. The summed E-state index contributed by atoms with van der Waals surface area (Å²) >= 11 is 0. The van der Waals surface area contributed by atoms with Crippen LogP contribution >= 0.6 is 0 Å². The van der Waals surface area contributed by atoms with Crippen molar-refractivity contribution >= 4 is 27.5 Å². The van der Waals surface area contributed by atoms with E-state index in [1.54, 1.807) is 18.3 Å². The summed E-state index contributed by atoms with van der Waals surface area (Å²) in [6, 6.07) is 11.2. The molecule has 0 fully saturated rings. The third kappa shape index (κ3) is 6.42. The highest BCUT2D eigenvalue weighted by Gasteiger charge is 2.17. The molecule has 0 spiro atoms. The molecule has 8 heteroatoms. The number of nitrogens with zero attached hydrogens (tertiary/aromatic N) is 3. The van der Waals surface area contributed by atoms with Gasteiger partial charge in [-0.15, -0.1) is 26.3 Å². The number of H-pyrrole nitrogens is 2. The summed E-state index contributed by atoms with van der Waals surface area (Å²) in [4.78, 5) is 12.6. The van der Waals surface area contributed by atoms with E-state index in [-0.39, 0.29) is 5.82 Å². The minimum atomic E-state index is -0.256. The van der Waals surface area contributed by atoms with Gasteiger partial charge in [0.1, 0.15) is 17.2 Å². The van der Waals surface area contributed by atoms with Crippen LogP contribution in [-0.4, -0.2) is 45.3 Å². The van der Waals surface area contributed by atoms with Crippen LogP contribution in [0.25, 0.3) is 50.0 Å². The van der Waals surface area contributed by atoms with E-state index in [0.29, 0.717) is 6.54 Å². The summed E-state index contributed by atoms with van der Waals surface area (Å²) in [5.74, 6) is -0.256. The lowest BCUT2D eigenvalue weighted by Gasteiger charge is -2.13. The van der Waals surface area contributed by atoms with Crippen LogP contribution in [-0.2, 0) is 6.54 Å². The van der Waals surface area contributed by atoms with Crippen molar-refractivity contribution in [3.05, 3.63) is 98.3 Å². The van der Waals surface area contributed by atoms with Gasteiger partial charge in [-0.05, 0) is 78.7 Å². The van der Waals surface area contributed by atoms with Gasteiger partial charge in [0.15, 0.2) is 0 Å². The molecule has 208 valence electrons. The summed E-state index contributed by atoms with van der Waals surface area (Å²) in [6.07, 6.45) is 6.73. The van der Waals surface area contributed by atoms with Gasteiger partial charge in [-0.25, -0.2) is 9.37 Å². The fourth-order valence-corrected chi connectivity index (χ4v) is 4.67. The molecule has 0 saturated heterocycles. The van der Waals surface area contributed by atoms with E-state index in [1.165, 1.54) is 5.57 Å². The predicted octanol–water partition coefficient (Wildman–Crippen LogP) is 7.03. The molecule has 0 bridgehead atoms. The molecule has 7 nitrogen and oxygen atoms in total. The van der Waals surface area contributed by atoms with Crippen molar-refractivity contribution < 1.29 is 4.39 Å². The second-order valence-corrected chi connectivity index (χ2v) is 8.55. The zero-order chi connectivity index (χ0) is 29.1. The SMILES string of the molecule is C=C.C=C.CC.CNCc1cc(F)cc(-c2ccnc3[nH]c(-c4n[nH]c5cnc(C6=CCNCC6)cc45)cc23)c1. The third-order valence-electron chi connectivity index (χ3n) is 6.28. The van der Waals surface area contributed by atoms with Gasteiger partial charge in [-0.1, -0.05) is 19.9 Å². The molecule has 0 unspecified atom stereocenters. The normalized spacial score (nSPS) is 12.3. The molecule has 1 aromatic carbocycles. The highest BCUT2D eigenvalue weighted by Crippen LogP contribution is 2.34. The molecule has 0 radical (unpaired) electrons. The van der Waals surface area contributed by atoms with Crippen LogP contribution in [0.1, 0.15) is 31.5 Å². The number of benzene rings is 1. The number of aromatic amines is 2. The average Bonchev–Trinajstić information content (AvgIpc) is 3.64. The van der Waals surface area contributed by atoms with Gasteiger partial charge in [0.2, 0.25) is 0 Å². The van der Waals surface area contributed by atoms with Crippen molar-refractivity contribution in [3.8, 4) is 22.5 Å². The Bertz CT molecular complexity index is 1580. The van der Waals surface area contributed by atoms with Crippen molar-refractivity contribution in [3.63, 3.8) is 0 Å². The molecule has 5 heterocycles. The largest absolute Gasteiger partial charge is 0.338 e. The first-order valence-electron chi connectivity index (χ1n) is 13.4. The first-order chi connectivity index (χ1) is 19.7. The van der Waals surface area contributed by atoms with Crippen molar-refractivity contribution in [2.45, 2.75) is 26.8 Å². The van der Waals surface area contributed by atoms with Gasteiger partial charge < -0.3 is 15.6 Å². The van der Waals surface area contributed by atoms with E-state index < -0.39 is 0 Å². The molecule has 0 atom stereocenters. The second kappa shape index (κ2) is 14.7. The quantitative estimate of drug-likeness (QED) is 0.180. The van der Waals surface area contributed by atoms with E-state index >= 15 is 0 Å². The van der Waals surface area contributed by atoms with E-state index in [0.717, 1.165) is 75.2 Å². The molecule has 1 aliphatic heterocycles. The van der Waals surface area contributed by atoms with Crippen LogP contribution in [0, 0.1) is 5.82 Å². The van der Waals surface area contributed by atoms with Gasteiger partial charge >= 0.3 is 0 Å². The van der Waals surface area contributed by atoms with Gasteiger partial charge in [-0.2, -0.15) is 5.10 Å². The number of hydrogen-bond donors (Lipinski definition) is 4. The molecular weight excluding hydrogens is 501 g/mol. The Hall–Kier alpha value is -4.40. The topological polar surface area (TPSA) is 94.3 Å². The molecule has 1 aliphatic rings. The third-order valence-corrected chi connectivity index (χ3v) is 6.28. The maximum absolute atomic E-state index is 14.4. The summed E-state index contributed by atoms with van der Waals surface area (Å²) in [6.45, 7) is 18.4. The first kappa shape index (κ1) is 30.1. The van der Waals surface area contributed by atoms with Crippen molar-refractivity contribution in [1.82, 2.24) is 35.8 Å². The Morgan fingerprint density at radius 1 is 1.00 bits per heavy atom. The van der Waals surface area contributed by atoms with Crippen LogP contribution in [0.5, 0.6) is 0 Å². The van der Waals surface area contributed by atoms with Gasteiger partial charge in [0.05, 0.1) is 23.1 Å². The molecular formula is C32H38FN7. The molecule has 4 aromatic heterocycles. The van der Waals surface area contributed by atoms with E-state index in [9.17, 15) is 4.39 Å². The summed E-state index contributed by atoms with van der Waals surface area (Å²) in [5.41, 5.74) is 8.13. The van der Waals surface area contributed by atoms with Gasteiger partial charge in [-0.3, -0.25) is 10.1 Å². The Kier molecular flexibility index (Phi) is 11.1. The smallest absolute Gasteiger partial charge is 0.138 e. The highest BCUT2D eigenvalue weighted by molar-refractivity contribution is 6.00. The van der Waals surface area contributed by atoms with Crippen molar-refractivity contribution in [2.75, 3.05) is 20.1 Å². The maximum Gasteiger partial charge on any atom is 0.138 e. The highest BCUT2D eigenvalue weighted by atomic mass is 19.1. The first-order valence-corrected chi connectivity index (χ1v) is 13.4. The minimum Gasteiger partial charge on any atom is -0.338 e. The molecule has 0 amide bonds. The van der Waals surface area contributed by atoms with E-state index in [4.69, 9.17) is 0 Å². The zero-order valence-corrected chi connectivity index (χ0v) is 23.6. The number of aromatic nitrogens is 5. The van der Waals surface area contributed by atoms with Crippen molar-refractivity contribution in [2.24, 2.45) is 0 Å². The lowest BCUT2D eigenvalue weighted by Crippen LogP contribution is -2.20. The summed E-state index contributed by atoms with van der Waals surface area (Å²) in [7, 11) is 1.85. The fraction of sp³-hybridized carbons (Fsp3) is 0.219.